The Bertz CT molecular complexity index is 1030. The topological polar surface area (TPSA) is 100 Å². The predicted molar refractivity (Wildman–Crippen MR) is 110 cm³/mol. The fourth-order valence-corrected chi connectivity index (χ4v) is 3.03. The average Bonchev–Trinajstić information content (AvgIpc) is 3.14. The SMILES string of the molecule is CC(C)n1cnc2c(NCCc3ccc(O)cc3)nc(C3=CNCC=N3)nc21. The number of aromatic hydroxyl groups is 1. The van der Waals surface area contributed by atoms with E-state index in [1.165, 1.54) is 0 Å². The third-order valence-electron chi connectivity index (χ3n) is 4.53. The van der Waals surface area contributed by atoms with Gasteiger partial charge in [-0.25, -0.2) is 15.0 Å². The molecule has 3 aromatic rings. The van der Waals surface area contributed by atoms with Crippen molar-refractivity contribution in [3.63, 3.8) is 0 Å². The summed E-state index contributed by atoms with van der Waals surface area (Å²) in [5, 5.41) is 16.0. The van der Waals surface area contributed by atoms with E-state index in [0.29, 0.717) is 30.4 Å². The summed E-state index contributed by atoms with van der Waals surface area (Å²) in [6.07, 6.45) is 6.24. The molecular formula is C20H23N7O. The van der Waals surface area contributed by atoms with Gasteiger partial charge in [0.2, 0.25) is 0 Å². The first kappa shape index (κ1) is 18.0. The number of phenolic OH excluding ortho intramolecular Hbond substituents is 1. The van der Waals surface area contributed by atoms with Crippen molar-refractivity contribution in [1.82, 2.24) is 24.8 Å². The number of nitrogens with one attached hydrogen (secondary N) is 2. The summed E-state index contributed by atoms with van der Waals surface area (Å²) in [5.41, 5.74) is 3.36. The van der Waals surface area contributed by atoms with Gasteiger partial charge >= 0.3 is 0 Å². The minimum atomic E-state index is 0.236. The highest BCUT2D eigenvalue weighted by atomic mass is 16.3. The minimum absolute atomic E-state index is 0.236. The molecule has 0 spiro atoms. The van der Waals surface area contributed by atoms with E-state index in [1.807, 2.05) is 22.9 Å². The number of phenols is 1. The molecular weight excluding hydrogens is 354 g/mol. The third-order valence-corrected chi connectivity index (χ3v) is 4.53. The van der Waals surface area contributed by atoms with Crippen LogP contribution in [0, 0.1) is 0 Å². The van der Waals surface area contributed by atoms with Crippen molar-refractivity contribution < 1.29 is 5.11 Å². The maximum atomic E-state index is 9.41. The highest BCUT2D eigenvalue weighted by Gasteiger charge is 2.17. The van der Waals surface area contributed by atoms with E-state index < -0.39 is 0 Å². The Labute approximate surface area is 163 Å². The van der Waals surface area contributed by atoms with Gasteiger partial charge in [0.15, 0.2) is 17.3 Å². The molecule has 1 aromatic carbocycles. The van der Waals surface area contributed by atoms with Crippen LogP contribution in [0.15, 0.2) is 41.8 Å². The second kappa shape index (κ2) is 7.67. The largest absolute Gasteiger partial charge is 0.508 e. The van der Waals surface area contributed by atoms with E-state index in [4.69, 9.17) is 4.98 Å². The Morgan fingerprint density at radius 1 is 1.21 bits per heavy atom. The van der Waals surface area contributed by atoms with Crippen LogP contribution in [-0.2, 0) is 6.42 Å². The van der Waals surface area contributed by atoms with Gasteiger partial charge in [0, 0.05) is 31.5 Å². The third kappa shape index (κ3) is 3.66. The first-order chi connectivity index (χ1) is 13.6. The lowest BCUT2D eigenvalue weighted by Crippen LogP contribution is -2.15. The number of anilines is 1. The maximum Gasteiger partial charge on any atom is 0.183 e. The van der Waals surface area contributed by atoms with Crippen LogP contribution in [0.25, 0.3) is 16.9 Å². The van der Waals surface area contributed by atoms with Gasteiger partial charge in [-0.2, -0.15) is 0 Å². The minimum Gasteiger partial charge on any atom is -0.508 e. The van der Waals surface area contributed by atoms with Crippen molar-refractivity contribution in [3.8, 4) is 5.75 Å². The summed E-state index contributed by atoms with van der Waals surface area (Å²) in [5.74, 6) is 1.53. The van der Waals surface area contributed by atoms with Gasteiger partial charge in [-0.3, -0.25) is 4.99 Å². The van der Waals surface area contributed by atoms with Crippen molar-refractivity contribution >= 4 is 28.9 Å². The van der Waals surface area contributed by atoms with Gasteiger partial charge in [-0.1, -0.05) is 12.1 Å². The van der Waals surface area contributed by atoms with Crippen LogP contribution < -0.4 is 10.6 Å². The quantitative estimate of drug-likeness (QED) is 0.611. The number of hydrogen-bond donors (Lipinski definition) is 3. The number of aliphatic imine (C=N–C) groups is 1. The summed E-state index contributed by atoms with van der Waals surface area (Å²) in [7, 11) is 0. The molecule has 0 saturated heterocycles. The molecule has 0 amide bonds. The van der Waals surface area contributed by atoms with Crippen LogP contribution in [0.5, 0.6) is 5.75 Å². The molecule has 0 fully saturated rings. The lowest BCUT2D eigenvalue weighted by Gasteiger charge is -2.12. The van der Waals surface area contributed by atoms with Gasteiger partial charge < -0.3 is 20.3 Å². The highest BCUT2D eigenvalue weighted by Crippen LogP contribution is 2.24. The molecule has 8 heteroatoms. The Balaban J connectivity index is 1.64. The van der Waals surface area contributed by atoms with Gasteiger partial charge in [0.25, 0.3) is 0 Å². The molecule has 0 bridgehead atoms. The number of hydrogen-bond acceptors (Lipinski definition) is 7. The van der Waals surface area contributed by atoms with Crippen molar-refractivity contribution in [2.45, 2.75) is 26.3 Å². The number of benzene rings is 1. The van der Waals surface area contributed by atoms with Gasteiger partial charge in [-0.05, 0) is 38.0 Å². The molecule has 4 rings (SSSR count). The Morgan fingerprint density at radius 3 is 2.75 bits per heavy atom. The molecule has 1 aliphatic heterocycles. The summed E-state index contributed by atoms with van der Waals surface area (Å²) >= 11 is 0. The number of imidazole rings is 1. The summed E-state index contributed by atoms with van der Waals surface area (Å²) < 4.78 is 2.03. The number of fused-ring (bicyclic) bond motifs is 1. The van der Waals surface area contributed by atoms with E-state index in [-0.39, 0.29) is 11.8 Å². The van der Waals surface area contributed by atoms with E-state index in [1.54, 1.807) is 24.7 Å². The molecule has 3 N–H and O–H groups in total. The molecule has 8 nitrogen and oxygen atoms in total. The molecule has 2 aromatic heterocycles. The van der Waals surface area contributed by atoms with E-state index >= 15 is 0 Å². The average molecular weight is 377 g/mol. The highest BCUT2D eigenvalue weighted by molar-refractivity contribution is 5.85. The van der Waals surface area contributed by atoms with Gasteiger partial charge in [-0.15, -0.1) is 0 Å². The molecule has 1 aliphatic rings. The molecule has 0 aliphatic carbocycles. The van der Waals surface area contributed by atoms with Crippen LogP contribution in [0.3, 0.4) is 0 Å². The first-order valence-electron chi connectivity index (χ1n) is 9.34. The van der Waals surface area contributed by atoms with Crippen molar-refractivity contribution in [3.05, 3.63) is 48.2 Å². The van der Waals surface area contributed by atoms with E-state index in [0.717, 1.165) is 23.1 Å². The van der Waals surface area contributed by atoms with Crippen molar-refractivity contribution in [2.24, 2.45) is 4.99 Å². The molecule has 0 saturated carbocycles. The van der Waals surface area contributed by atoms with Gasteiger partial charge in [0.1, 0.15) is 17.0 Å². The summed E-state index contributed by atoms with van der Waals surface area (Å²) in [6.45, 7) is 5.58. The zero-order chi connectivity index (χ0) is 19.5. The zero-order valence-corrected chi connectivity index (χ0v) is 15.9. The second-order valence-electron chi connectivity index (χ2n) is 6.91. The molecule has 28 heavy (non-hydrogen) atoms. The van der Waals surface area contributed by atoms with Crippen LogP contribution >= 0.6 is 0 Å². The normalized spacial score (nSPS) is 13.6. The van der Waals surface area contributed by atoms with Crippen LogP contribution in [0.1, 0.15) is 31.3 Å². The summed E-state index contributed by atoms with van der Waals surface area (Å²) in [6, 6.07) is 7.46. The standard InChI is InChI=1S/C20H23N7O/c1-13(2)27-12-24-17-19(23-8-7-14-3-5-15(28)6-4-14)25-18(26-20(17)27)16-11-21-9-10-22-16/h3-6,10-13,21,28H,7-9H2,1-2H3,(H,23,25,26). The van der Waals surface area contributed by atoms with Crippen molar-refractivity contribution in [1.29, 1.82) is 0 Å². The molecule has 0 unspecified atom stereocenters. The zero-order valence-electron chi connectivity index (χ0n) is 15.9. The van der Waals surface area contributed by atoms with Crippen LogP contribution in [-0.4, -0.2) is 43.9 Å². The predicted octanol–water partition coefficient (Wildman–Crippen LogP) is 2.74. The van der Waals surface area contributed by atoms with E-state index in [2.05, 4.69) is 39.4 Å². The Kier molecular flexibility index (Phi) is 4.92. The maximum absolute atomic E-state index is 9.41. The molecule has 0 radical (unpaired) electrons. The second-order valence-corrected chi connectivity index (χ2v) is 6.91. The number of nitrogens with zero attached hydrogens (tertiary/aromatic N) is 5. The summed E-state index contributed by atoms with van der Waals surface area (Å²) in [4.78, 5) is 18.3. The number of rotatable bonds is 6. The lowest BCUT2D eigenvalue weighted by atomic mass is 10.1. The monoisotopic (exact) mass is 377 g/mol. The Hall–Kier alpha value is -3.42. The van der Waals surface area contributed by atoms with Gasteiger partial charge in [0.05, 0.1) is 6.33 Å². The van der Waals surface area contributed by atoms with Crippen LogP contribution in [0.2, 0.25) is 0 Å². The molecule has 144 valence electrons. The lowest BCUT2D eigenvalue weighted by molar-refractivity contribution is 0.475. The smallest absolute Gasteiger partial charge is 0.183 e. The fraction of sp³-hybridized carbons (Fsp3) is 0.300. The molecule has 3 heterocycles. The van der Waals surface area contributed by atoms with Crippen molar-refractivity contribution in [2.75, 3.05) is 18.4 Å². The Morgan fingerprint density at radius 2 is 2.04 bits per heavy atom. The number of aromatic nitrogens is 4. The molecule has 0 atom stereocenters. The first-order valence-corrected chi connectivity index (χ1v) is 9.34. The fourth-order valence-electron chi connectivity index (χ4n) is 3.03. The van der Waals surface area contributed by atoms with Crippen LogP contribution in [0.4, 0.5) is 5.82 Å². The van der Waals surface area contributed by atoms with E-state index in [9.17, 15) is 5.11 Å².